The largest absolute Gasteiger partial charge is 0.394 e. The molecule has 4 heteroatoms. The Hall–Kier alpha value is -0.160. The van der Waals surface area contributed by atoms with Crippen LogP contribution in [0.2, 0.25) is 0 Å². The molecule has 0 spiro atoms. The van der Waals surface area contributed by atoms with Gasteiger partial charge in [-0.1, -0.05) is 6.92 Å². The standard InChI is InChI=1S/C11H23NO3/c1-2-5-14-6-7-15-10(8-13)11(12)9-3-4-9/h9-11,13H,2-8,12H2,1H3. The molecule has 15 heavy (non-hydrogen) atoms. The van der Waals surface area contributed by atoms with Gasteiger partial charge in [0.2, 0.25) is 0 Å². The highest BCUT2D eigenvalue weighted by Gasteiger charge is 2.34. The summed E-state index contributed by atoms with van der Waals surface area (Å²) in [6, 6.07) is -0.0128. The highest BCUT2D eigenvalue weighted by molar-refractivity contribution is 4.89. The number of ether oxygens (including phenoxy) is 2. The Morgan fingerprint density at radius 2 is 2.07 bits per heavy atom. The lowest BCUT2D eigenvalue weighted by molar-refractivity contribution is -0.0329. The van der Waals surface area contributed by atoms with Crippen molar-refractivity contribution < 1.29 is 14.6 Å². The predicted molar refractivity (Wildman–Crippen MR) is 58.6 cm³/mol. The fourth-order valence-corrected chi connectivity index (χ4v) is 1.58. The van der Waals surface area contributed by atoms with E-state index in [0.29, 0.717) is 19.1 Å². The average molecular weight is 217 g/mol. The van der Waals surface area contributed by atoms with Crippen LogP contribution in [0.25, 0.3) is 0 Å². The second-order valence-corrected chi connectivity index (χ2v) is 4.12. The molecule has 0 aliphatic heterocycles. The highest BCUT2D eigenvalue weighted by atomic mass is 16.5. The third kappa shape index (κ3) is 4.93. The number of nitrogens with two attached hydrogens (primary N) is 1. The van der Waals surface area contributed by atoms with Crippen LogP contribution < -0.4 is 5.73 Å². The molecule has 0 aromatic carbocycles. The summed E-state index contributed by atoms with van der Waals surface area (Å²) < 4.78 is 10.8. The maximum atomic E-state index is 9.13. The Bertz CT molecular complexity index is 162. The molecule has 4 nitrogen and oxygen atoms in total. The Balaban J connectivity index is 2.05. The molecule has 2 atom stereocenters. The first-order valence-electron chi connectivity index (χ1n) is 5.85. The zero-order valence-electron chi connectivity index (χ0n) is 9.52. The summed E-state index contributed by atoms with van der Waals surface area (Å²) >= 11 is 0. The van der Waals surface area contributed by atoms with Crippen molar-refractivity contribution in [2.24, 2.45) is 11.7 Å². The summed E-state index contributed by atoms with van der Waals surface area (Å²) in [5.74, 6) is 0.554. The van der Waals surface area contributed by atoms with E-state index >= 15 is 0 Å². The Morgan fingerprint density at radius 3 is 2.60 bits per heavy atom. The van der Waals surface area contributed by atoms with E-state index in [4.69, 9.17) is 20.3 Å². The smallest absolute Gasteiger partial charge is 0.0959 e. The number of hydrogen-bond donors (Lipinski definition) is 2. The van der Waals surface area contributed by atoms with Gasteiger partial charge in [0.15, 0.2) is 0 Å². The fourth-order valence-electron chi connectivity index (χ4n) is 1.58. The molecule has 1 aliphatic rings. The number of aliphatic hydroxyl groups is 1. The van der Waals surface area contributed by atoms with Crippen LogP contribution in [0.15, 0.2) is 0 Å². The van der Waals surface area contributed by atoms with Crippen molar-refractivity contribution in [3.8, 4) is 0 Å². The molecule has 1 saturated carbocycles. The highest BCUT2D eigenvalue weighted by Crippen LogP contribution is 2.33. The third-order valence-corrected chi connectivity index (χ3v) is 2.68. The van der Waals surface area contributed by atoms with Crippen LogP contribution in [0.1, 0.15) is 26.2 Å². The number of rotatable bonds is 9. The lowest BCUT2D eigenvalue weighted by Gasteiger charge is -2.22. The number of aliphatic hydroxyl groups excluding tert-OH is 1. The van der Waals surface area contributed by atoms with Gasteiger partial charge in [-0.25, -0.2) is 0 Å². The minimum absolute atomic E-state index is 0.00540. The Morgan fingerprint density at radius 1 is 1.33 bits per heavy atom. The predicted octanol–water partition coefficient (Wildman–Crippen LogP) is 0.528. The first-order chi connectivity index (χ1) is 7.29. The fraction of sp³-hybridized carbons (Fsp3) is 1.00. The molecule has 90 valence electrons. The lowest BCUT2D eigenvalue weighted by atomic mass is 10.1. The van der Waals surface area contributed by atoms with Gasteiger partial charge >= 0.3 is 0 Å². The van der Waals surface area contributed by atoms with E-state index in [-0.39, 0.29) is 18.8 Å². The van der Waals surface area contributed by atoms with Crippen molar-refractivity contribution >= 4 is 0 Å². The molecule has 0 aromatic rings. The van der Waals surface area contributed by atoms with E-state index in [1.807, 2.05) is 0 Å². The van der Waals surface area contributed by atoms with Crippen molar-refractivity contribution in [1.29, 1.82) is 0 Å². The quantitative estimate of drug-likeness (QED) is 0.553. The minimum Gasteiger partial charge on any atom is -0.394 e. The summed E-state index contributed by atoms with van der Waals surface area (Å²) in [5.41, 5.74) is 5.95. The molecule has 1 rings (SSSR count). The van der Waals surface area contributed by atoms with E-state index in [2.05, 4.69) is 6.92 Å². The number of hydrogen-bond acceptors (Lipinski definition) is 4. The molecule has 0 bridgehead atoms. The molecular weight excluding hydrogens is 194 g/mol. The lowest BCUT2D eigenvalue weighted by Crippen LogP contribution is -2.41. The summed E-state index contributed by atoms with van der Waals surface area (Å²) in [6.45, 7) is 3.95. The van der Waals surface area contributed by atoms with Gasteiger partial charge < -0.3 is 20.3 Å². The SMILES string of the molecule is CCCOCCOC(CO)C(N)C1CC1. The van der Waals surface area contributed by atoms with Crippen LogP contribution in [0, 0.1) is 5.92 Å². The second-order valence-electron chi connectivity index (χ2n) is 4.12. The van der Waals surface area contributed by atoms with E-state index in [1.54, 1.807) is 0 Å². The van der Waals surface area contributed by atoms with Gasteiger partial charge in [-0.2, -0.15) is 0 Å². The van der Waals surface area contributed by atoms with Gasteiger partial charge in [0, 0.05) is 12.6 Å². The topological polar surface area (TPSA) is 64.7 Å². The zero-order chi connectivity index (χ0) is 11.1. The van der Waals surface area contributed by atoms with Crippen molar-refractivity contribution in [1.82, 2.24) is 0 Å². The maximum absolute atomic E-state index is 9.13. The average Bonchev–Trinajstić information content (AvgIpc) is 3.06. The minimum atomic E-state index is -0.220. The zero-order valence-corrected chi connectivity index (χ0v) is 9.52. The molecule has 0 aromatic heterocycles. The van der Waals surface area contributed by atoms with Gasteiger partial charge in [0.1, 0.15) is 0 Å². The normalized spacial score (nSPS) is 20.2. The van der Waals surface area contributed by atoms with E-state index < -0.39 is 0 Å². The monoisotopic (exact) mass is 217 g/mol. The first-order valence-corrected chi connectivity index (χ1v) is 5.85. The van der Waals surface area contributed by atoms with Crippen LogP contribution in [0.5, 0.6) is 0 Å². The molecule has 0 amide bonds. The van der Waals surface area contributed by atoms with E-state index in [1.165, 1.54) is 12.8 Å². The van der Waals surface area contributed by atoms with Gasteiger partial charge in [-0.05, 0) is 25.2 Å². The second kappa shape index (κ2) is 7.17. The third-order valence-electron chi connectivity index (χ3n) is 2.68. The molecule has 0 saturated heterocycles. The van der Waals surface area contributed by atoms with Crippen molar-refractivity contribution in [3.05, 3.63) is 0 Å². The molecule has 2 unspecified atom stereocenters. The summed E-state index contributed by atoms with van der Waals surface area (Å²) in [7, 11) is 0. The van der Waals surface area contributed by atoms with Crippen LogP contribution >= 0.6 is 0 Å². The van der Waals surface area contributed by atoms with Gasteiger partial charge in [0.05, 0.1) is 25.9 Å². The van der Waals surface area contributed by atoms with Gasteiger partial charge in [-0.3, -0.25) is 0 Å². The van der Waals surface area contributed by atoms with Crippen molar-refractivity contribution in [3.63, 3.8) is 0 Å². The molecule has 1 fully saturated rings. The molecule has 1 aliphatic carbocycles. The summed E-state index contributed by atoms with van der Waals surface area (Å²) in [4.78, 5) is 0. The molecular formula is C11H23NO3. The van der Waals surface area contributed by atoms with Crippen molar-refractivity contribution in [2.45, 2.75) is 38.3 Å². The first kappa shape index (κ1) is 12.9. The Labute approximate surface area is 91.7 Å². The van der Waals surface area contributed by atoms with Crippen LogP contribution in [0.3, 0.4) is 0 Å². The van der Waals surface area contributed by atoms with Gasteiger partial charge in [-0.15, -0.1) is 0 Å². The molecule has 3 N–H and O–H groups in total. The van der Waals surface area contributed by atoms with E-state index in [9.17, 15) is 0 Å². The van der Waals surface area contributed by atoms with Crippen LogP contribution in [-0.4, -0.2) is 43.7 Å². The summed E-state index contributed by atoms with van der Waals surface area (Å²) in [5, 5.41) is 9.13. The maximum Gasteiger partial charge on any atom is 0.0959 e. The van der Waals surface area contributed by atoms with Crippen molar-refractivity contribution in [2.75, 3.05) is 26.4 Å². The van der Waals surface area contributed by atoms with Crippen LogP contribution in [0.4, 0.5) is 0 Å². The summed E-state index contributed by atoms with van der Waals surface area (Å²) in [6.07, 6.45) is 3.15. The molecule has 0 radical (unpaired) electrons. The van der Waals surface area contributed by atoms with Gasteiger partial charge in [0.25, 0.3) is 0 Å². The Kier molecular flexibility index (Phi) is 6.17. The van der Waals surface area contributed by atoms with E-state index in [0.717, 1.165) is 13.0 Å². The molecule has 0 heterocycles. The van der Waals surface area contributed by atoms with Crippen LogP contribution in [-0.2, 0) is 9.47 Å².